The van der Waals surface area contributed by atoms with E-state index in [1.807, 2.05) is 6.07 Å². The van der Waals surface area contributed by atoms with E-state index in [0.29, 0.717) is 5.92 Å². The summed E-state index contributed by atoms with van der Waals surface area (Å²) < 4.78 is 5.13. The van der Waals surface area contributed by atoms with Gasteiger partial charge in [0.05, 0.1) is 6.26 Å². The van der Waals surface area contributed by atoms with Gasteiger partial charge < -0.3 is 4.74 Å². The molecule has 0 bridgehead atoms. The number of ether oxygens (including phenoxy) is 1. The summed E-state index contributed by atoms with van der Waals surface area (Å²) in [5.74, 6) is 0.342. The maximum Gasteiger partial charge on any atom is 0.307 e. The standard InChI is InChI=1S/C17H22O2/c1-14(18)19-13-17(16-10-6-3-7-11-16)12-15-8-4-2-5-9-15/h2,4-5,8-9,13,16H,3,6-7,10-12H2,1H3/b17-13-. The zero-order valence-electron chi connectivity index (χ0n) is 11.6. The Morgan fingerprint density at radius 3 is 2.53 bits per heavy atom. The Morgan fingerprint density at radius 2 is 1.89 bits per heavy atom. The third-order valence-electron chi connectivity index (χ3n) is 3.76. The molecule has 102 valence electrons. The molecule has 1 aliphatic carbocycles. The van der Waals surface area contributed by atoms with E-state index in [1.54, 1.807) is 6.26 Å². The van der Waals surface area contributed by atoms with Crippen LogP contribution in [-0.4, -0.2) is 5.97 Å². The average Bonchev–Trinajstić information content (AvgIpc) is 2.45. The number of allylic oxidation sites excluding steroid dienone is 1. The van der Waals surface area contributed by atoms with Crippen molar-refractivity contribution in [2.75, 3.05) is 0 Å². The summed E-state index contributed by atoms with van der Waals surface area (Å²) in [7, 11) is 0. The largest absolute Gasteiger partial charge is 0.435 e. The molecule has 1 aliphatic rings. The Balaban J connectivity index is 2.09. The molecule has 19 heavy (non-hydrogen) atoms. The molecule has 0 atom stereocenters. The topological polar surface area (TPSA) is 26.3 Å². The molecular weight excluding hydrogens is 236 g/mol. The lowest BCUT2D eigenvalue weighted by Gasteiger charge is -2.24. The van der Waals surface area contributed by atoms with Crippen molar-refractivity contribution in [3.63, 3.8) is 0 Å². The summed E-state index contributed by atoms with van der Waals surface area (Å²) in [6, 6.07) is 10.4. The van der Waals surface area contributed by atoms with Crippen molar-refractivity contribution in [2.24, 2.45) is 5.92 Å². The minimum Gasteiger partial charge on any atom is -0.435 e. The molecule has 0 radical (unpaired) electrons. The predicted octanol–water partition coefficient (Wildman–Crippen LogP) is 4.26. The number of hydrogen-bond donors (Lipinski definition) is 0. The quantitative estimate of drug-likeness (QED) is 0.596. The van der Waals surface area contributed by atoms with Gasteiger partial charge in [0.15, 0.2) is 0 Å². The summed E-state index contributed by atoms with van der Waals surface area (Å²) in [6.07, 6.45) is 8.94. The van der Waals surface area contributed by atoms with Gasteiger partial charge in [0.2, 0.25) is 0 Å². The van der Waals surface area contributed by atoms with Crippen LogP contribution in [0.3, 0.4) is 0 Å². The molecule has 0 heterocycles. The van der Waals surface area contributed by atoms with Crippen molar-refractivity contribution < 1.29 is 9.53 Å². The van der Waals surface area contributed by atoms with E-state index >= 15 is 0 Å². The van der Waals surface area contributed by atoms with Gasteiger partial charge in [-0.05, 0) is 36.3 Å². The molecule has 0 unspecified atom stereocenters. The van der Waals surface area contributed by atoms with Crippen LogP contribution in [-0.2, 0) is 16.0 Å². The minimum atomic E-state index is -0.235. The maximum atomic E-state index is 11.0. The van der Waals surface area contributed by atoms with E-state index in [2.05, 4.69) is 24.3 Å². The van der Waals surface area contributed by atoms with Crippen LogP contribution in [0.4, 0.5) is 0 Å². The first kappa shape index (κ1) is 13.9. The molecule has 1 aromatic carbocycles. The summed E-state index contributed by atoms with van der Waals surface area (Å²) in [4.78, 5) is 11.0. The molecule has 1 saturated carbocycles. The lowest BCUT2D eigenvalue weighted by Crippen LogP contribution is -2.12. The van der Waals surface area contributed by atoms with Gasteiger partial charge in [0.1, 0.15) is 0 Å². The van der Waals surface area contributed by atoms with Gasteiger partial charge in [-0.15, -0.1) is 0 Å². The van der Waals surface area contributed by atoms with Crippen molar-refractivity contribution in [1.29, 1.82) is 0 Å². The van der Waals surface area contributed by atoms with Crippen LogP contribution in [0, 0.1) is 5.92 Å². The number of carbonyl (C=O) groups excluding carboxylic acids is 1. The van der Waals surface area contributed by atoms with Crippen molar-refractivity contribution in [3.8, 4) is 0 Å². The number of rotatable bonds is 4. The Labute approximate surface area is 115 Å². The molecule has 0 aliphatic heterocycles. The minimum absolute atomic E-state index is 0.235. The molecule has 2 heteroatoms. The lowest BCUT2D eigenvalue weighted by atomic mass is 9.82. The van der Waals surface area contributed by atoms with E-state index in [4.69, 9.17) is 4.74 Å². The van der Waals surface area contributed by atoms with E-state index in [9.17, 15) is 4.79 Å². The highest BCUT2D eigenvalue weighted by atomic mass is 16.5. The van der Waals surface area contributed by atoms with Crippen LogP contribution in [0.1, 0.15) is 44.6 Å². The van der Waals surface area contributed by atoms with Crippen LogP contribution < -0.4 is 0 Å². The Morgan fingerprint density at radius 1 is 1.21 bits per heavy atom. The van der Waals surface area contributed by atoms with E-state index in [1.165, 1.54) is 50.2 Å². The third kappa shape index (κ3) is 4.55. The molecule has 2 nitrogen and oxygen atoms in total. The zero-order chi connectivity index (χ0) is 13.5. The summed E-state index contributed by atoms with van der Waals surface area (Å²) in [6.45, 7) is 1.46. The highest BCUT2D eigenvalue weighted by molar-refractivity contribution is 5.66. The number of esters is 1. The molecule has 2 rings (SSSR count). The summed E-state index contributed by atoms with van der Waals surface area (Å²) in [5.41, 5.74) is 2.55. The van der Waals surface area contributed by atoms with Gasteiger partial charge in [-0.3, -0.25) is 4.79 Å². The van der Waals surface area contributed by atoms with Gasteiger partial charge >= 0.3 is 5.97 Å². The van der Waals surface area contributed by atoms with E-state index in [0.717, 1.165) is 6.42 Å². The lowest BCUT2D eigenvalue weighted by molar-refractivity contribution is -0.135. The van der Waals surface area contributed by atoms with Gasteiger partial charge in [0, 0.05) is 6.92 Å². The molecule has 0 spiro atoms. The Hall–Kier alpha value is -1.57. The second-order valence-corrected chi connectivity index (χ2v) is 5.30. The number of carbonyl (C=O) groups is 1. The maximum absolute atomic E-state index is 11.0. The van der Waals surface area contributed by atoms with Crippen LogP contribution >= 0.6 is 0 Å². The van der Waals surface area contributed by atoms with Gasteiger partial charge in [0.25, 0.3) is 0 Å². The first-order chi connectivity index (χ1) is 9.25. The highest BCUT2D eigenvalue weighted by Crippen LogP contribution is 2.31. The first-order valence-corrected chi connectivity index (χ1v) is 7.16. The molecule has 0 saturated heterocycles. The van der Waals surface area contributed by atoms with Crippen molar-refractivity contribution in [3.05, 3.63) is 47.7 Å². The van der Waals surface area contributed by atoms with E-state index < -0.39 is 0 Å². The van der Waals surface area contributed by atoms with Crippen molar-refractivity contribution in [1.82, 2.24) is 0 Å². The molecule has 0 amide bonds. The SMILES string of the molecule is CC(=O)O/C=C(/Cc1ccccc1)C1CCCCC1. The fraction of sp³-hybridized carbons (Fsp3) is 0.471. The summed E-state index contributed by atoms with van der Waals surface area (Å²) in [5, 5.41) is 0. The fourth-order valence-corrected chi connectivity index (χ4v) is 2.75. The van der Waals surface area contributed by atoms with Gasteiger partial charge in [-0.2, -0.15) is 0 Å². The Bertz CT molecular complexity index is 428. The van der Waals surface area contributed by atoms with Crippen LogP contribution in [0.25, 0.3) is 0 Å². The van der Waals surface area contributed by atoms with Crippen molar-refractivity contribution in [2.45, 2.75) is 45.4 Å². The molecule has 0 aromatic heterocycles. The van der Waals surface area contributed by atoms with Crippen LogP contribution in [0.5, 0.6) is 0 Å². The fourth-order valence-electron chi connectivity index (χ4n) is 2.75. The van der Waals surface area contributed by atoms with Gasteiger partial charge in [-0.1, -0.05) is 49.6 Å². The normalized spacial score (nSPS) is 17.2. The molecule has 1 fully saturated rings. The zero-order valence-corrected chi connectivity index (χ0v) is 11.6. The monoisotopic (exact) mass is 258 g/mol. The molecule has 1 aromatic rings. The number of benzene rings is 1. The van der Waals surface area contributed by atoms with Gasteiger partial charge in [-0.25, -0.2) is 0 Å². The van der Waals surface area contributed by atoms with Crippen molar-refractivity contribution >= 4 is 5.97 Å². The first-order valence-electron chi connectivity index (χ1n) is 7.16. The number of hydrogen-bond acceptors (Lipinski definition) is 2. The Kier molecular flexibility index (Phi) is 5.20. The average molecular weight is 258 g/mol. The molecule has 0 N–H and O–H groups in total. The predicted molar refractivity (Wildman–Crippen MR) is 76.6 cm³/mol. The third-order valence-corrected chi connectivity index (χ3v) is 3.76. The van der Waals surface area contributed by atoms with Crippen LogP contribution in [0.2, 0.25) is 0 Å². The highest BCUT2D eigenvalue weighted by Gasteiger charge is 2.18. The summed E-state index contributed by atoms with van der Waals surface area (Å²) >= 11 is 0. The second-order valence-electron chi connectivity index (χ2n) is 5.30. The smallest absolute Gasteiger partial charge is 0.307 e. The van der Waals surface area contributed by atoms with Crippen LogP contribution in [0.15, 0.2) is 42.2 Å². The second kappa shape index (κ2) is 7.13. The van der Waals surface area contributed by atoms with E-state index in [-0.39, 0.29) is 5.97 Å². The molecular formula is C17H22O2.